The Morgan fingerprint density at radius 1 is 1.03 bits per heavy atom. The second-order valence-electron chi connectivity index (χ2n) is 10.5. The van der Waals surface area contributed by atoms with Gasteiger partial charge in [0.1, 0.15) is 0 Å². The molecule has 1 heterocycles. The molecule has 168 valence electrons. The molecule has 1 aromatic heterocycles. The summed E-state index contributed by atoms with van der Waals surface area (Å²) in [6.07, 6.45) is 5.90. The zero-order valence-electron chi connectivity index (χ0n) is 19.7. The Bertz CT molecular complexity index is 1090. The van der Waals surface area contributed by atoms with Crippen LogP contribution in [0.15, 0.2) is 58.2 Å². The molecule has 0 amide bonds. The zero-order valence-corrected chi connectivity index (χ0v) is 20.5. The Kier molecular flexibility index (Phi) is 5.69. The van der Waals surface area contributed by atoms with Crippen molar-refractivity contribution in [2.45, 2.75) is 87.5 Å². The van der Waals surface area contributed by atoms with Gasteiger partial charge in [0.05, 0.1) is 0 Å². The summed E-state index contributed by atoms with van der Waals surface area (Å²) in [6.45, 7) is 9.44. The third kappa shape index (κ3) is 3.71. The van der Waals surface area contributed by atoms with E-state index in [1.807, 2.05) is 6.07 Å². The minimum atomic E-state index is -0.0695. The van der Waals surface area contributed by atoms with Crippen molar-refractivity contribution in [3.05, 3.63) is 76.7 Å². The lowest BCUT2D eigenvalue weighted by Gasteiger charge is -2.54. The van der Waals surface area contributed by atoms with Gasteiger partial charge >= 0.3 is 0 Å². The molecule has 0 radical (unpaired) electrons. The average molecular weight is 447 g/mol. The molecular weight excluding hydrogens is 412 g/mol. The number of rotatable bonds is 5. The molecule has 1 fully saturated rings. The summed E-state index contributed by atoms with van der Waals surface area (Å²) in [5, 5.41) is 9.73. The average Bonchev–Trinajstić information content (AvgIpc) is 3.28. The van der Waals surface area contributed by atoms with Crippen LogP contribution in [-0.4, -0.2) is 10.2 Å². The number of aryl methyl sites for hydroxylation is 1. The minimum Gasteiger partial charge on any atom is -0.415 e. The molecular formula is C28H34N2OS. The van der Waals surface area contributed by atoms with Crippen LogP contribution < -0.4 is 0 Å². The van der Waals surface area contributed by atoms with Gasteiger partial charge in [0, 0.05) is 11.2 Å². The van der Waals surface area contributed by atoms with Crippen LogP contribution in [0.2, 0.25) is 0 Å². The lowest BCUT2D eigenvalue weighted by atomic mass is 9.49. The highest BCUT2D eigenvalue weighted by Crippen LogP contribution is 2.58. The lowest BCUT2D eigenvalue weighted by molar-refractivity contribution is 0.0633. The van der Waals surface area contributed by atoms with Gasteiger partial charge in [-0.1, -0.05) is 94.4 Å². The quantitative estimate of drug-likeness (QED) is 0.382. The molecule has 3 aromatic rings. The molecule has 0 N–H and O–H groups in total. The Balaban J connectivity index is 1.41. The van der Waals surface area contributed by atoms with Gasteiger partial charge in [-0.25, -0.2) is 0 Å². The number of nitrogens with zero attached hydrogens (tertiary/aromatic N) is 2. The highest BCUT2D eigenvalue weighted by Gasteiger charge is 2.54. The first kappa shape index (κ1) is 21.8. The van der Waals surface area contributed by atoms with E-state index < -0.39 is 0 Å². The maximum absolute atomic E-state index is 6.32. The Labute approximate surface area is 196 Å². The summed E-state index contributed by atoms with van der Waals surface area (Å²) in [6, 6.07) is 17.7. The molecule has 2 aliphatic carbocycles. The van der Waals surface area contributed by atoms with Crippen molar-refractivity contribution < 1.29 is 4.42 Å². The van der Waals surface area contributed by atoms with E-state index in [2.05, 4.69) is 80.4 Å². The predicted octanol–water partition coefficient (Wildman–Crippen LogP) is 7.45. The van der Waals surface area contributed by atoms with Crippen molar-refractivity contribution >= 4 is 11.8 Å². The van der Waals surface area contributed by atoms with Crippen molar-refractivity contribution in [1.29, 1.82) is 0 Å². The fourth-order valence-corrected chi connectivity index (χ4v) is 7.06. The smallest absolute Gasteiger partial charge is 0.276 e. The van der Waals surface area contributed by atoms with E-state index in [-0.39, 0.29) is 10.8 Å². The predicted molar refractivity (Wildman–Crippen MR) is 131 cm³/mol. The van der Waals surface area contributed by atoms with Gasteiger partial charge in [0.15, 0.2) is 0 Å². The van der Waals surface area contributed by atoms with Crippen LogP contribution in [0.3, 0.4) is 0 Å². The molecule has 4 heteroatoms. The van der Waals surface area contributed by atoms with Crippen LogP contribution in [0.4, 0.5) is 0 Å². The Morgan fingerprint density at radius 2 is 1.81 bits per heavy atom. The van der Waals surface area contributed by atoms with Crippen LogP contribution in [0.5, 0.6) is 0 Å². The second kappa shape index (κ2) is 8.37. The minimum absolute atomic E-state index is 0.0695. The van der Waals surface area contributed by atoms with Crippen molar-refractivity contribution in [2.24, 2.45) is 5.92 Å². The molecule has 0 saturated heterocycles. The van der Waals surface area contributed by atoms with Gasteiger partial charge in [0.2, 0.25) is 5.89 Å². The van der Waals surface area contributed by atoms with Crippen molar-refractivity contribution in [2.75, 3.05) is 0 Å². The first-order chi connectivity index (χ1) is 15.4. The maximum Gasteiger partial charge on any atom is 0.276 e. The molecule has 2 aromatic carbocycles. The van der Waals surface area contributed by atoms with E-state index in [9.17, 15) is 0 Å². The molecule has 32 heavy (non-hydrogen) atoms. The van der Waals surface area contributed by atoms with Crippen LogP contribution in [0.25, 0.3) is 0 Å². The number of benzene rings is 2. The summed E-state index contributed by atoms with van der Waals surface area (Å²) < 4.78 is 6.32. The standard InChI is InChI=1S/C28H34N2OS/c1-19(2)21-11-13-23-22(17-21)12-14-24-27(23,3)15-8-16-28(24,4)25-29-30-26(31-25)32-18-20-9-6-5-7-10-20/h5-7,9-11,13,17,19,24H,8,12,14-16,18H2,1-4H3/t24?,27-,28-/m1/s1. The molecule has 0 aliphatic heterocycles. The van der Waals surface area contributed by atoms with E-state index in [0.717, 1.165) is 24.5 Å². The van der Waals surface area contributed by atoms with Crippen molar-refractivity contribution in [1.82, 2.24) is 10.2 Å². The number of hydrogen-bond acceptors (Lipinski definition) is 4. The van der Waals surface area contributed by atoms with Crippen molar-refractivity contribution in [3.8, 4) is 0 Å². The highest BCUT2D eigenvalue weighted by atomic mass is 32.2. The van der Waals surface area contributed by atoms with Crippen LogP contribution in [0.1, 0.15) is 87.4 Å². The maximum atomic E-state index is 6.32. The number of thioether (sulfide) groups is 1. The molecule has 0 spiro atoms. The largest absolute Gasteiger partial charge is 0.415 e. The molecule has 0 bridgehead atoms. The third-order valence-electron chi connectivity index (χ3n) is 8.14. The van der Waals surface area contributed by atoms with Gasteiger partial charge in [-0.05, 0) is 65.2 Å². The zero-order chi connectivity index (χ0) is 22.3. The summed E-state index contributed by atoms with van der Waals surface area (Å²) in [5.74, 6) is 2.79. The Hall–Kier alpha value is -2.07. The van der Waals surface area contributed by atoms with E-state index >= 15 is 0 Å². The van der Waals surface area contributed by atoms with E-state index in [1.165, 1.54) is 30.4 Å². The molecule has 1 unspecified atom stereocenters. The molecule has 1 saturated carbocycles. The molecule has 2 aliphatic rings. The monoisotopic (exact) mass is 446 g/mol. The normalized spacial score (nSPS) is 27.2. The summed E-state index contributed by atoms with van der Waals surface area (Å²) >= 11 is 1.64. The second-order valence-corrected chi connectivity index (χ2v) is 11.4. The van der Waals surface area contributed by atoms with Crippen molar-refractivity contribution in [3.63, 3.8) is 0 Å². The first-order valence-corrected chi connectivity index (χ1v) is 13.0. The number of hydrogen-bond donors (Lipinski definition) is 0. The topological polar surface area (TPSA) is 38.9 Å². The number of aromatic nitrogens is 2. The van der Waals surface area contributed by atoms with Crippen LogP contribution in [0, 0.1) is 5.92 Å². The van der Waals surface area contributed by atoms with Gasteiger partial charge in [-0.2, -0.15) is 0 Å². The highest BCUT2D eigenvalue weighted by molar-refractivity contribution is 7.98. The molecule has 5 rings (SSSR count). The van der Waals surface area contributed by atoms with Gasteiger partial charge in [-0.15, -0.1) is 10.2 Å². The van der Waals surface area contributed by atoms with Gasteiger partial charge in [0.25, 0.3) is 5.22 Å². The van der Waals surface area contributed by atoms with Crippen LogP contribution in [-0.2, 0) is 23.0 Å². The molecule has 3 nitrogen and oxygen atoms in total. The molecule has 3 atom stereocenters. The first-order valence-electron chi connectivity index (χ1n) is 12.0. The summed E-state index contributed by atoms with van der Waals surface area (Å²) in [5.41, 5.74) is 5.95. The van der Waals surface area contributed by atoms with E-state index in [1.54, 1.807) is 22.9 Å². The fourth-order valence-electron chi connectivity index (χ4n) is 6.34. The lowest BCUT2D eigenvalue weighted by Crippen LogP contribution is -2.51. The van der Waals surface area contributed by atoms with Gasteiger partial charge in [-0.3, -0.25) is 0 Å². The Morgan fingerprint density at radius 3 is 2.59 bits per heavy atom. The summed E-state index contributed by atoms with van der Waals surface area (Å²) in [4.78, 5) is 0. The summed E-state index contributed by atoms with van der Waals surface area (Å²) in [7, 11) is 0. The van der Waals surface area contributed by atoms with E-state index in [4.69, 9.17) is 4.42 Å². The fraction of sp³-hybridized carbons (Fsp3) is 0.500. The van der Waals surface area contributed by atoms with Gasteiger partial charge < -0.3 is 4.42 Å². The van der Waals surface area contributed by atoms with E-state index in [0.29, 0.717) is 17.1 Å². The third-order valence-corrected chi connectivity index (χ3v) is 9.03. The number of fused-ring (bicyclic) bond motifs is 3. The van der Waals surface area contributed by atoms with Crippen LogP contribution >= 0.6 is 11.8 Å². The SMILES string of the molecule is CC(C)c1ccc2c(c1)CCC1[C@](C)(c3nnc(SCc4ccccc4)o3)CCC[C@]21C.